The van der Waals surface area contributed by atoms with Gasteiger partial charge in [0, 0.05) is 12.5 Å². The van der Waals surface area contributed by atoms with Crippen molar-refractivity contribution < 1.29 is 34.0 Å². The molecule has 9 heteroatoms. The maximum absolute atomic E-state index is 12.4. The smallest absolute Gasteiger partial charge is 0.328 e. The van der Waals surface area contributed by atoms with Crippen LogP contribution >= 0.6 is 11.6 Å². The highest BCUT2D eigenvalue weighted by molar-refractivity contribution is 6.32. The van der Waals surface area contributed by atoms with Gasteiger partial charge in [0.25, 0.3) is 0 Å². The van der Waals surface area contributed by atoms with E-state index in [0.29, 0.717) is 27.6 Å². The zero-order valence-corrected chi connectivity index (χ0v) is 18.1. The Morgan fingerprint density at radius 2 is 1.87 bits per heavy atom. The van der Waals surface area contributed by atoms with Crippen molar-refractivity contribution in [2.45, 2.75) is 19.4 Å². The van der Waals surface area contributed by atoms with Gasteiger partial charge >= 0.3 is 5.97 Å². The molecule has 0 aliphatic carbocycles. The predicted octanol–water partition coefficient (Wildman–Crippen LogP) is 3.07. The minimum atomic E-state index is -0.991. The summed E-state index contributed by atoms with van der Waals surface area (Å²) in [4.78, 5) is 24.7. The number of ether oxygens (including phenoxy) is 3. The maximum Gasteiger partial charge on any atom is 0.328 e. The Hall–Kier alpha value is -3.39. The third-order valence-corrected chi connectivity index (χ3v) is 4.53. The molecule has 1 amide bonds. The van der Waals surface area contributed by atoms with Crippen molar-refractivity contribution in [3.8, 4) is 23.0 Å². The number of aromatic hydroxyl groups is 2. The number of carbonyl (C=O) groups excluding carboxylic acids is 2. The van der Waals surface area contributed by atoms with Gasteiger partial charge in [-0.3, -0.25) is 4.79 Å². The molecule has 3 N–H and O–H groups in total. The van der Waals surface area contributed by atoms with Crippen LogP contribution in [0.2, 0.25) is 5.02 Å². The van der Waals surface area contributed by atoms with E-state index in [1.807, 2.05) is 0 Å². The predicted molar refractivity (Wildman–Crippen MR) is 116 cm³/mol. The lowest BCUT2D eigenvalue weighted by atomic mass is 10.0. The van der Waals surface area contributed by atoms with Crippen LogP contribution in [0.5, 0.6) is 23.0 Å². The van der Waals surface area contributed by atoms with E-state index in [4.69, 9.17) is 25.8 Å². The van der Waals surface area contributed by atoms with Gasteiger partial charge in [0.15, 0.2) is 23.0 Å². The molecule has 2 rings (SSSR count). The highest BCUT2D eigenvalue weighted by Crippen LogP contribution is 2.36. The highest BCUT2D eigenvalue weighted by Gasteiger charge is 2.22. The van der Waals surface area contributed by atoms with Gasteiger partial charge in [-0.1, -0.05) is 17.7 Å². The van der Waals surface area contributed by atoms with Crippen molar-refractivity contribution in [2.24, 2.45) is 0 Å². The summed E-state index contributed by atoms with van der Waals surface area (Å²) in [6.07, 6.45) is 2.82. The lowest BCUT2D eigenvalue weighted by Gasteiger charge is -2.17. The Bertz CT molecular complexity index is 975. The van der Waals surface area contributed by atoms with Gasteiger partial charge in [0.1, 0.15) is 6.04 Å². The molecule has 1 atom stereocenters. The SMILES string of the molecule is CCOC(=O)[C@H](Cc1ccc(O)c(O)c1)NC(=O)/C=C/c1cc(Cl)c(OC)c(OC)c1. The summed E-state index contributed by atoms with van der Waals surface area (Å²) in [5.41, 5.74) is 1.12. The van der Waals surface area contributed by atoms with E-state index in [-0.39, 0.29) is 24.5 Å². The maximum atomic E-state index is 12.4. The normalized spacial score (nSPS) is 11.7. The Balaban J connectivity index is 2.16. The van der Waals surface area contributed by atoms with Crippen molar-refractivity contribution in [1.29, 1.82) is 0 Å². The van der Waals surface area contributed by atoms with Gasteiger partial charge in [-0.2, -0.15) is 0 Å². The average Bonchev–Trinajstić information content (AvgIpc) is 2.74. The monoisotopic (exact) mass is 449 g/mol. The molecule has 0 aliphatic heterocycles. The van der Waals surface area contributed by atoms with Gasteiger partial charge in [-0.05, 0) is 48.4 Å². The van der Waals surface area contributed by atoms with Crippen molar-refractivity contribution in [1.82, 2.24) is 5.32 Å². The van der Waals surface area contributed by atoms with E-state index < -0.39 is 17.9 Å². The van der Waals surface area contributed by atoms with E-state index in [1.165, 1.54) is 44.6 Å². The van der Waals surface area contributed by atoms with Crippen molar-refractivity contribution in [3.05, 3.63) is 52.6 Å². The van der Waals surface area contributed by atoms with Crippen LogP contribution in [0.15, 0.2) is 36.4 Å². The lowest BCUT2D eigenvalue weighted by molar-refractivity contribution is -0.146. The number of phenolic OH excluding ortho intramolecular Hbond substituents is 2. The third kappa shape index (κ3) is 6.55. The van der Waals surface area contributed by atoms with Crippen LogP contribution in [0.4, 0.5) is 0 Å². The molecular weight excluding hydrogens is 426 g/mol. The van der Waals surface area contributed by atoms with Crippen LogP contribution in [0.3, 0.4) is 0 Å². The second-order valence-corrected chi connectivity index (χ2v) is 6.82. The molecule has 0 aliphatic rings. The number of hydrogen-bond acceptors (Lipinski definition) is 7. The Kier molecular flexibility index (Phi) is 8.57. The fourth-order valence-electron chi connectivity index (χ4n) is 2.79. The topological polar surface area (TPSA) is 114 Å². The fourth-order valence-corrected chi connectivity index (χ4v) is 3.09. The van der Waals surface area contributed by atoms with Crippen LogP contribution < -0.4 is 14.8 Å². The van der Waals surface area contributed by atoms with Crippen LogP contribution in [0.1, 0.15) is 18.1 Å². The van der Waals surface area contributed by atoms with Crippen molar-refractivity contribution in [3.63, 3.8) is 0 Å². The number of amides is 1. The number of nitrogens with one attached hydrogen (secondary N) is 1. The van der Waals surface area contributed by atoms with Crippen LogP contribution in [-0.4, -0.2) is 49.0 Å². The summed E-state index contributed by atoms with van der Waals surface area (Å²) in [5.74, 6) is -0.969. The summed E-state index contributed by atoms with van der Waals surface area (Å²) in [6.45, 7) is 1.80. The molecule has 0 saturated carbocycles. The molecule has 0 fully saturated rings. The van der Waals surface area contributed by atoms with Gasteiger partial charge in [0.05, 0.1) is 25.8 Å². The van der Waals surface area contributed by atoms with E-state index in [1.54, 1.807) is 19.1 Å². The van der Waals surface area contributed by atoms with E-state index in [2.05, 4.69) is 5.32 Å². The summed E-state index contributed by atoms with van der Waals surface area (Å²) in [6, 6.07) is 6.42. The molecule has 0 aromatic heterocycles. The lowest BCUT2D eigenvalue weighted by Crippen LogP contribution is -2.42. The molecule has 8 nitrogen and oxygen atoms in total. The molecule has 166 valence electrons. The minimum Gasteiger partial charge on any atom is -0.504 e. The molecule has 0 heterocycles. The fraction of sp³-hybridized carbons (Fsp3) is 0.273. The number of hydrogen-bond donors (Lipinski definition) is 3. The first kappa shape index (κ1) is 23.9. The van der Waals surface area contributed by atoms with Crippen LogP contribution in [0.25, 0.3) is 6.08 Å². The van der Waals surface area contributed by atoms with Gasteiger partial charge in [-0.25, -0.2) is 4.79 Å². The standard InChI is InChI=1S/C22H24ClNO7/c1-4-31-22(28)16(10-14-5-7-17(25)18(26)11-14)24-20(27)8-6-13-9-15(23)21(30-3)19(12-13)29-2/h5-9,11-12,16,25-26H,4,10H2,1-3H3,(H,24,27)/b8-6+/t16-/m0/s1. The Morgan fingerprint density at radius 3 is 2.48 bits per heavy atom. The minimum absolute atomic E-state index is 0.0639. The van der Waals surface area contributed by atoms with Crippen LogP contribution in [-0.2, 0) is 20.7 Å². The zero-order chi connectivity index (χ0) is 23.0. The average molecular weight is 450 g/mol. The largest absolute Gasteiger partial charge is 0.504 e. The number of methoxy groups -OCH3 is 2. The second kappa shape index (κ2) is 11.1. The first-order chi connectivity index (χ1) is 14.8. The number of carbonyl (C=O) groups is 2. The Labute approximate surface area is 185 Å². The van der Waals surface area contributed by atoms with Crippen molar-refractivity contribution >= 4 is 29.6 Å². The first-order valence-electron chi connectivity index (χ1n) is 9.36. The number of phenols is 2. The summed E-state index contributed by atoms with van der Waals surface area (Å²) in [5, 5.41) is 22.0. The molecule has 0 radical (unpaired) electrons. The zero-order valence-electron chi connectivity index (χ0n) is 17.3. The molecular formula is C22H24ClNO7. The molecule has 31 heavy (non-hydrogen) atoms. The summed E-state index contributed by atoms with van der Waals surface area (Å²) >= 11 is 6.16. The number of halogens is 1. The quantitative estimate of drug-likeness (QED) is 0.306. The van der Waals surface area contributed by atoms with E-state index in [0.717, 1.165) is 0 Å². The Morgan fingerprint density at radius 1 is 1.13 bits per heavy atom. The molecule has 2 aromatic rings. The first-order valence-corrected chi connectivity index (χ1v) is 9.74. The molecule has 0 unspecified atom stereocenters. The van der Waals surface area contributed by atoms with Crippen LogP contribution in [0, 0.1) is 0 Å². The number of esters is 1. The van der Waals surface area contributed by atoms with Gasteiger partial charge < -0.3 is 29.7 Å². The third-order valence-electron chi connectivity index (χ3n) is 4.25. The highest BCUT2D eigenvalue weighted by atomic mass is 35.5. The van der Waals surface area contributed by atoms with Gasteiger partial charge in [-0.15, -0.1) is 0 Å². The number of rotatable bonds is 9. The summed E-state index contributed by atoms with van der Waals surface area (Å²) in [7, 11) is 2.94. The summed E-state index contributed by atoms with van der Waals surface area (Å²) < 4.78 is 15.4. The van der Waals surface area contributed by atoms with E-state index >= 15 is 0 Å². The molecule has 0 spiro atoms. The second-order valence-electron chi connectivity index (χ2n) is 6.41. The molecule has 0 saturated heterocycles. The van der Waals surface area contributed by atoms with E-state index in [9.17, 15) is 19.8 Å². The molecule has 2 aromatic carbocycles. The molecule has 0 bridgehead atoms. The number of benzene rings is 2. The van der Waals surface area contributed by atoms with Gasteiger partial charge in [0.2, 0.25) is 5.91 Å². The van der Waals surface area contributed by atoms with Crippen molar-refractivity contribution in [2.75, 3.05) is 20.8 Å².